The van der Waals surface area contributed by atoms with Crippen LogP contribution in [0.3, 0.4) is 0 Å². The van der Waals surface area contributed by atoms with Crippen molar-refractivity contribution >= 4 is 31.9 Å². The topological polar surface area (TPSA) is 0 Å². The highest BCUT2D eigenvalue weighted by Crippen LogP contribution is 2.08. The Labute approximate surface area is 68.3 Å². The molecule has 0 aliphatic carbocycles. The van der Waals surface area contributed by atoms with E-state index in [-0.39, 0.29) is 0 Å². The number of hydrogen-bond donors (Lipinski definition) is 0. The highest BCUT2D eigenvalue weighted by Gasteiger charge is 1.92. The van der Waals surface area contributed by atoms with Gasteiger partial charge in [0.2, 0.25) is 0 Å². The average Bonchev–Trinajstić information content (AvgIpc) is 1.66. The predicted molar refractivity (Wildman–Crippen MR) is 46.0 cm³/mol. The fraction of sp³-hybridized carbons (Fsp3) is 1.00. The minimum absolute atomic E-state index is 0.696. The Morgan fingerprint density at radius 3 is 2.38 bits per heavy atom. The van der Waals surface area contributed by atoms with Crippen molar-refractivity contribution < 1.29 is 0 Å². The zero-order valence-corrected chi connectivity index (χ0v) is 8.33. The van der Waals surface area contributed by atoms with Crippen molar-refractivity contribution in [3.63, 3.8) is 0 Å². The third kappa shape index (κ3) is 6.96. The van der Waals surface area contributed by atoms with E-state index in [1.807, 2.05) is 0 Å². The van der Waals surface area contributed by atoms with Crippen LogP contribution in [0.5, 0.6) is 0 Å². The van der Waals surface area contributed by atoms with Gasteiger partial charge in [-0.1, -0.05) is 45.2 Å². The Kier molecular flexibility index (Phi) is 6.82. The molecule has 1 unspecified atom stereocenters. The predicted octanol–water partition coefficient (Wildman–Crippen LogP) is 3.34. The molecule has 0 aromatic rings. The van der Waals surface area contributed by atoms with Gasteiger partial charge in [0, 0.05) is 10.2 Å². The summed E-state index contributed by atoms with van der Waals surface area (Å²) in [7, 11) is 0. The van der Waals surface area contributed by atoms with Crippen LogP contribution >= 0.6 is 31.9 Å². The second kappa shape index (κ2) is 6.09. The molecule has 0 saturated heterocycles. The van der Waals surface area contributed by atoms with Gasteiger partial charge >= 0.3 is 0 Å². The Morgan fingerprint density at radius 1 is 1.38 bits per heavy atom. The summed E-state index contributed by atoms with van der Waals surface area (Å²) in [5.41, 5.74) is 0. The van der Waals surface area contributed by atoms with E-state index in [4.69, 9.17) is 0 Å². The van der Waals surface area contributed by atoms with Crippen molar-refractivity contribution in [2.45, 2.75) is 31.0 Å². The standard InChI is InChI=1S/C6H12Br2/c1-6(8)4-2-3-5-7/h6H,2-5H2,1H3. The summed E-state index contributed by atoms with van der Waals surface area (Å²) in [5, 5.41) is 1.15. The summed E-state index contributed by atoms with van der Waals surface area (Å²) in [6, 6.07) is 0. The first-order valence-corrected chi connectivity index (χ1v) is 5.01. The van der Waals surface area contributed by atoms with E-state index < -0.39 is 0 Å². The van der Waals surface area contributed by atoms with Crippen LogP contribution in [0.25, 0.3) is 0 Å². The molecule has 0 N–H and O–H groups in total. The molecule has 8 heavy (non-hydrogen) atoms. The summed E-state index contributed by atoms with van der Waals surface area (Å²) in [6.07, 6.45) is 3.93. The molecule has 0 aromatic carbocycles. The van der Waals surface area contributed by atoms with E-state index in [1.165, 1.54) is 19.3 Å². The quantitative estimate of drug-likeness (QED) is 0.525. The zero-order valence-electron chi connectivity index (χ0n) is 5.16. The van der Waals surface area contributed by atoms with Crippen LogP contribution in [0.1, 0.15) is 26.2 Å². The highest BCUT2D eigenvalue weighted by atomic mass is 79.9. The molecule has 0 aliphatic heterocycles. The molecule has 0 amide bonds. The van der Waals surface area contributed by atoms with Crippen LogP contribution < -0.4 is 0 Å². The second-order valence-electron chi connectivity index (χ2n) is 1.97. The van der Waals surface area contributed by atoms with Crippen LogP contribution in [0.2, 0.25) is 0 Å². The molecular formula is C6H12Br2. The molecule has 0 aliphatic rings. The Balaban J connectivity index is 2.72. The smallest absolute Gasteiger partial charge is 0.0117 e. The fourth-order valence-corrected chi connectivity index (χ4v) is 1.24. The minimum atomic E-state index is 0.696. The van der Waals surface area contributed by atoms with Gasteiger partial charge in [-0.15, -0.1) is 0 Å². The first kappa shape index (κ1) is 8.96. The van der Waals surface area contributed by atoms with Crippen LogP contribution in [-0.4, -0.2) is 10.2 Å². The molecule has 0 aromatic heterocycles. The molecule has 0 spiro atoms. The van der Waals surface area contributed by atoms with Gasteiger partial charge in [-0.2, -0.15) is 0 Å². The molecule has 2 heteroatoms. The molecule has 1 atom stereocenters. The summed E-state index contributed by atoms with van der Waals surface area (Å²) in [4.78, 5) is 0.696. The van der Waals surface area contributed by atoms with Crippen molar-refractivity contribution in [3.8, 4) is 0 Å². The maximum atomic E-state index is 3.49. The van der Waals surface area contributed by atoms with E-state index in [0.717, 1.165) is 5.33 Å². The molecule has 0 bridgehead atoms. The van der Waals surface area contributed by atoms with Crippen molar-refractivity contribution in [1.82, 2.24) is 0 Å². The maximum Gasteiger partial charge on any atom is 0.0117 e. The molecule has 0 radical (unpaired) electrons. The van der Waals surface area contributed by atoms with E-state index >= 15 is 0 Å². The summed E-state index contributed by atoms with van der Waals surface area (Å²) in [6.45, 7) is 2.19. The molecule has 0 rings (SSSR count). The molecular weight excluding hydrogens is 232 g/mol. The third-order valence-corrected chi connectivity index (χ3v) is 2.00. The van der Waals surface area contributed by atoms with Crippen molar-refractivity contribution in [2.24, 2.45) is 0 Å². The van der Waals surface area contributed by atoms with E-state index in [1.54, 1.807) is 0 Å². The van der Waals surface area contributed by atoms with Crippen molar-refractivity contribution in [2.75, 3.05) is 5.33 Å². The van der Waals surface area contributed by atoms with Gasteiger partial charge in [0.25, 0.3) is 0 Å². The molecule has 50 valence electrons. The van der Waals surface area contributed by atoms with Gasteiger partial charge in [0.1, 0.15) is 0 Å². The fourth-order valence-electron chi connectivity index (χ4n) is 0.520. The number of halogens is 2. The summed E-state index contributed by atoms with van der Waals surface area (Å²) in [5.74, 6) is 0. The lowest BCUT2D eigenvalue weighted by atomic mass is 10.2. The van der Waals surface area contributed by atoms with Gasteiger partial charge in [0.05, 0.1) is 0 Å². The summed E-state index contributed by atoms with van der Waals surface area (Å²) >= 11 is 6.87. The van der Waals surface area contributed by atoms with Gasteiger partial charge in [-0.25, -0.2) is 0 Å². The van der Waals surface area contributed by atoms with E-state index in [0.29, 0.717) is 4.83 Å². The first-order chi connectivity index (χ1) is 3.77. The Hall–Kier alpha value is 0.960. The molecule has 0 nitrogen and oxygen atoms in total. The van der Waals surface area contributed by atoms with Gasteiger partial charge in [-0.3, -0.25) is 0 Å². The van der Waals surface area contributed by atoms with E-state index in [2.05, 4.69) is 38.8 Å². The number of hydrogen-bond acceptors (Lipinski definition) is 0. The van der Waals surface area contributed by atoms with Crippen molar-refractivity contribution in [1.29, 1.82) is 0 Å². The van der Waals surface area contributed by atoms with E-state index in [9.17, 15) is 0 Å². The molecule has 0 fully saturated rings. The van der Waals surface area contributed by atoms with Gasteiger partial charge < -0.3 is 0 Å². The third-order valence-electron chi connectivity index (χ3n) is 0.986. The van der Waals surface area contributed by atoms with Crippen molar-refractivity contribution in [3.05, 3.63) is 0 Å². The van der Waals surface area contributed by atoms with Crippen LogP contribution in [0, 0.1) is 0 Å². The lowest BCUT2D eigenvalue weighted by Gasteiger charge is -1.98. The maximum absolute atomic E-state index is 3.49. The molecule has 0 saturated carbocycles. The lowest BCUT2D eigenvalue weighted by Crippen LogP contribution is -1.88. The lowest BCUT2D eigenvalue weighted by molar-refractivity contribution is 0.726. The van der Waals surface area contributed by atoms with Crippen LogP contribution in [0.4, 0.5) is 0 Å². The largest absolute Gasteiger partial charge is 0.0928 e. The monoisotopic (exact) mass is 242 g/mol. The average molecular weight is 244 g/mol. The highest BCUT2D eigenvalue weighted by molar-refractivity contribution is 9.09. The van der Waals surface area contributed by atoms with Crippen LogP contribution in [-0.2, 0) is 0 Å². The number of alkyl halides is 2. The Morgan fingerprint density at radius 2 is 2.00 bits per heavy atom. The summed E-state index contributed by atoms with van der Waals surface area (Å²) < 4.78 is 0. The van der Waals surface area contributed by atoms with Crippen LogP contribution in [0.15, 0.2) is 0 Å². The number of unbranched alkanes of at least 4 members (excludes halogenated alkanes) is 1. The number of rotatable bonds is 4. The first-order valence-electron chi connectivity index (χ1n) is 2.97. The second-order valence-corrected chi connectivity index (χ2v) is 4.32. The SMILES string of the molecule is CC(Br)CCCCBr. The Bertz CT molecular complexity index is 43.8. The zero-order chi connectivity index (χ0) is 6.41. The van der Waals surface area contributed by atoms with Gasteiger partial charge in [0.15, 0.2) is 0 Å². The minimum Gasteiger partial charge on any atom is -0.0928 e. The normalized spacial score (nSPS) is 13.9. The van der Waals surface area contributed by atoms with Gasteiger partial charge in [-0.05, 0) is 12.8 Å². The molecule has 0 heterocycles.